The summed E-state index contributed by atoms with van der Waals surface area (Å²) >= 11 is 1.47. The molecule has 2 aromatic heterocycles. The van der Waals surface area contributed by atoms with Crippen LogP contribution in [0, 0.1) is 0 Å². The van der Waals surface area contributed by atoms with Gasteiger partial charge in [0.25, 0.3) is 11.8 Å². The number of hydrogen-bond donors (Lipinski definition) is 1. The third-order valence-corrected chi connectivity index (χ3v) is 6.60. The standard InChI is InChI=1S/C23H25N3O5S/c1-30-20(27)7-4-10-24-21(28)17-14-32-22(25-17)15-8-11-26(12-9-15)23(29)19-13-16-5-2-3-6-18(16)31-19/h2-3,5-6,13-15H,4,7-12H2,1H3,(H,24,28). The number of piperidine rings is 1. The van der Waals surface area contributed by atoms with Gasteiger partial charge in [0.2, 0.25) is 0 Å². The lowest BCUT2D eigenvalue weighted by Crippen LogP contribution is -2.37. The molecule has 1 aliphatic rings. The van der Waals surface area contributed by atoms with E-state index in [-0.39, 0.29) is 30.1 Å². The van der Waals surface area contributed by atoms with Crippen LogP contribution < -0.4 is 5.32 Å². The van der Waals surface area contributed by atoms with Gasteiger partial charge >= 0.3 is 5.97 Å². The van der Waals surface area contributed by atoms with Gasteiger partial charge in [-0.25, -0.2) is 4.98 Å². The number of esters is 1. The summed E-state index contributed by atoms with van der Waals surface area (Å²) in [5.41, 5.74) is 1.11. The highest BCUT2D eigenvalue weighted by atomic mass is 32.1. The van der Waals surface area contributed by atoms with E-state index in [0.717, 1.165) is 23.2 Å². The molecule has 1 saturated heterocycles. The fourth-order valence-corrected chi connectivity index (χ4v) is 4.75. The molecule has 0 unspecified atom stereocenters. The third kappa shape index (κ3) is 4.99. The smallest absolute Gasteiger partial charge is 0.305 e. The zero-order chi connectivity index (χ0) is 22.5. The van der Waals surface area contributed by atoms with Gasteiger partial charge in [-0.15, -0.1) is 11.3 Å². The number of para-hydroxylation sites is 1. The highest BCUT2D eigenvalue weighted by Gasteiger charge is 2.28. The Morgan fingerprint density at radius 1 is 1.25 bits per heavy atom. The summed E-state index contributed by atoms with van der Waals surface area (Å²) in [5, 5.41) is 6.38. The third-order valence-electron chi connectivity index (χ3n) is 5.59. The van der Waals surface area contributed by atoms with Crippen molar-refractivity contribution in [2.24, 2.45) is 0 Å². The normalized spacial score (nSPS) is 14.5. The van der Waals surface area contributed by atoms with Gasteiger partial charge in [0.15, 0.2) is 5.76 Å². The van der Waals surface area contributed by atoms with E-state index >= 15 is 0 Å². The van der Waals surface area contributed by atoms with Crippen molar-refractivity contribution in [1.82, 2.24) is 15.2 Å². The average molecular weight is 456 g/mol. The van der Waals surface area contributed by atoms with Gasteiger partial charge in [-0.1, -0.05) is 18.2 Å². The van der Waals surface area contributed by atoms with Crippen LogP contribution in [0.25, 0.3) is 11.0 Å². The van der Waals surface area contributed by atoms with E-state index in [1.165, 1.54) is 18.4 Å². The van der Waals surface area contributed by atoms with Crippen LogP contribution in [0.4, 0.5) is 0 Å². The number of amides is 2. The Morgan fingerprint density at radius 2 is 2.03 bits per heavy atom. The average Bonchev–Trinajstić information content (AvgIpc) is 3.49. The molecule has 9 heteroatoms. The van der Waals surface area contributed by atoms with E-state index < -0.39 is 0 Å². The molecule has 1 fully saturated rings. The number of carbonyl (C=O) groups is 3. The first-order valence-corrected chi connectivity index (χ1v) is 11.5. The number of carbonyl (C=O) groups excluding carboxylic acids is 3. The molecule has 0 saturated carbocycles. The Labute approximate surface area is 189 Å². The molecule has 8 nitrogen and oxygen atoms in total. The second kappa shape index (κ2) is 9.95. The van der Waals surface area contributed by atoms with Gasteiger partial charge in [-0.3, -0.25) is 14.4 Å². The van der Waals surface area contributed by atoms with Crippen LogP contribution in [-0.4, -0.2) is 54.4 Å². The predicted octanol–water partition coefficient (Wildman–Crippen LogP) is 3.59. The van der Waals surface area contributed by atoms with Crippen molar-refractivity contribution in [2.45, 2.75) is 31.6 Å². The summed E-state index contributed by atoms with van der Waals surface area (Å²) in [4.78, 5) is 42.6. The van der Waals surface area contributed by atoms with E-state index in [9.17, 15) is 14.4 Å². The number of rotatable bonds is 7. The van der Waals surface area contributed by atoms with Crippen LogP contribution >= 0.6 is 11.3 Å². The molecule has 32 heavy (non-hydrogen) atoms. The van der Waals surface area contributed by atoms with E-state index in [0.29, 0.717) is 43.1 Å². The second-order valence-corrected chi connectivity index (χ2v) is 8.61. The first kappa shape index (κ1) is 22.0. The van der Waals surface area contributed by atoms with Crippen molar-refractivity contribution in [3.8, 4) is 0 Å². The van der Waals surface area contributed by atoms with Crippen LogP contribution in [0.3, 0.4) is 0 Å². The van der Waals surface area contributed by atoms with Crippen LogP contribution in [0.5, 0.6) is 0 Å². The Morgan fingerprint density at radius 3 is 2.78 bits per heavy atom. The minimum atomic E-state index is -0.291. The zero-order valence-electron chi connectivity index (χ0n) is 17.8. The monoisotopic (exact) mass is 455 g/mol. The molecule has 0 spiro atoms. The lowest BCUT2D eigenvalue weighted by atomic mass is 9.97. The summed E-state index contributed by atoms with van der Waals surface area (Å²) in [7, 11) is 1.34. The first-order chi connectivity index (χ1) is 15.5. The van der Waals surface area contributed by atoms with Crippen LogP contribution in [-0.2, 0) is 9.53 Å². The largest absolute Gasteiger partial charge is 0.469 e. The number of furan rings is 1. The number of aromatic nitrogens is 1. The Bertz CT molecular complexity index is 1080. The number of nitrogens with one attached hydrogen (secondary N) is 1. The number of ether oxygens (including phenoxy) is 1. The highest BCUT2D eigenvalue weighted by Crippen LogP contribution is 2.31. The highest BCUT2D eigenvalue weighted by molar-refractivity contribution is 7.09. The minimum absolute atomic E-state index is 0.0918. The van der Waals surface area contributed by atoms with Crippen LogP contribution in [0.15, 0.2) is 40.1 Å². The van der Waals surface area contributed by atoms with E-state index in [1.807, 2.05) is 29.2 Å². The van der Waals surface area contributed by atoms with Crippen molar-refractivity contribution in [2.75, 3.05) is 26.7 Å². The number of likely N-dealkylation sites (tertiary alicyclic amines) is 1. The van der Waals surface area contributed by atoms with Gasteiger partial charge in [-0.05, 0) is 31.4 Å². The van der Waals surface area contributed by atoms with Crippen molar-refractivity contribution >= 4 is 40.1 Å². The Kier molecular flexibility index (Phi) is 6.84. The minimum Gasteiger partial charge on any atom is -0.469 e. The van der Waals surface area contributed by atoms with Gasteiger partial charge < -0.3 is 19.4 Å². The Hall–Kier alpha value is -3.20. The van der Waals surface area contributed by atoms with Crippen molar-refractivity contribution in [1.29, 1.82) is 0 Å². The molecule has 168 valence electrons. The maximum Gasteiger partial charge on any atom is 0.305 e. The molecule has 0 atom stereocenters. The molecule has 3 aromatic rings. The summed E-state index contributed by atoms with van der Waals surface area (Å²) in [5.74, 6) is -0.0355. The number of methoxy groups -OCH3 is 1. The SMILES string of the molecule is COC(=O)CCCNC(=O)c1csc(C2CCN(C(=O)c3cc4ccccc4o3)CC2)n1. The molecule has 0 aliphatic carbocycles. The number of benzene rings is 1. The number of nitrogens with zero attached hydrogens (tertiary/aromatic N) is 2. The summed E-state index contributed by atoms with van der Waals surface area (Å²) in [6.45, 7) is 1.63. The molecule has 0 radical (unpaired) electrons. The first-order valence-electron chi connectivity index (χ1n) is 10.6. The summed E-state index contributed by atoms with van der Waals surface area (Å²) in [6.07, 6.45) is 2.37. The maximum atomic E-state index is 12.8. The second-order valence-electron chi connectivity index (χ2n) is 7.72. The van der Waals surface area contributed by atoms with Crippen molar-refractivity contribution in [3.05, 3.63) is 52.2 Å². The molecule has 4 rings (SSSR count). The van der Waals surface area contributed by atoms with E-state index in [1.54, 1.807) is 11.4 Å². The lowest BCUT2D eigenvalue weighted by Gasteiger charge is -2.30. The van der Waals surface area contributed by atoms with Gasteiger partial charge in [0.1, 0.15) is 11.3 Å². The number of fused-ring (bicyclic) bond motifs is 1. The maximum absolute atomic E-state index is 12.8. The van der Waals surface area contributed by atoms with Gasteiger partial charge in [-0.2, -0.15) is 0 Å². The number of hydrogen-bond acceptors (Lipinski definition) is 7. The fraction of sp³-hybridized carbons (Fsp3) is 0.391. The molecule has 1 aromatic carbocycles. The molecular weight excluding hydrogens is 430 g/mol. The predicted molar refractivity (Wildman–Crippen MR) is 120 cm³/mol. The van der Waals surface area contributed by atoms with Crippen LogP contribution in [0.2, 0.25) is 0 Å². The number of thiazole rings is 1. The zero-order valence-corrected chi connectivity index (χ0v) is 18.7. The molecule has 3 heterocycles. The lowest BCUT2D eigenvalue weighted by molar-refractivity contribution is -0.140. The molecule has 2 amide bonds. The van der Waals surface area contributed by atoms with Crippen molar-refractivity contribution < 1.29 is 23.5 Å². The summed E-state index contributed by atoms with van der Waals surface area (Å²) in [6, 6.07) is 9.38. The van der Waals surface area contributed by atoms with E-state index in [2.05, 4.69) is 15.0 Å². The Balaban J connectivity index is 1.28. The van der Waals surface area contributed by atoms with Gasteiger partial charge in [0, 0.05) is 42.7 Å². The van der Waals surface area contributed by atoms with Crippen molar-refractivity contribution in [3.63, 3.8) is 0 Å². The summed E-state index contributed by atoms with van der Waals surface area (Å²) < 4.78 is 10.3. The van der Waals surface area contributed by atoms with E-state index in [4.69, 9.17) is 4.42 Å². The molecule has 0 bridgehead atoms. The fourth-order valence-electron chi connectivity index (χ4n) is 3.78. The quantitative estimate of drug-likeness (QED) is 0.432. The molecular formula is C23H25N3O5S. The molecule has 1 aliphatic heterocycles. The molecule has 1 N–H and O–H groups in total. The van der Waals surface area contributed by atoms with Gasteiger partial charge in [0.05, 0.1) is 12.1 Å². The van der Waals surface area contributed by atoms with Crippen LogP contribution in [0.1, 0.15) is 57.7 Å². The topological polar surface area (TPSA) is 102 Å².